The van der Waals surface area contributed by atoms with Gasteiger partial charge in [-0.1, -0.05) is 23.4 Å². The minimum absolute atomic E-state index is 0.129. The number of carboxylic acids is 1. The van der Waals surface area contributed by atoms with Crippen LogP contribution in [0.15, 0.2) is 28.4 Å². The molecule has 12 nitrogen and oxygen atoms in total. The van der Waals surface area contributed by atoms with Crippen LogP contribution in [0.2, 0.25) is 5.02 Å². The van der Waals surface area contributed by atoms with Crippen molar-refractivity contribution in [3.8, 4) is 0 Å². The highest BCUT2D eigenvalue weighted by atomic mass is 35.5. The summed E-state index contributed by atoms with van der Waals surface area (Å²) in [6, 6.07) is 1.64. The van der Waals surface area contributed by atoms with E-state index in [1.54, 1.807) is 12.4 Å². The number of nitrogens with one attached hydrogen (secondary N) is 1. The van der Waals surface area contributed by atoms with Gasteiger partial charge in [0.15, 0.2) is 5.82 Å². The number of aliphatic hydroxyl groups is 1. The highest BCUT2D eigenvalue weighted by molar-refractivity contribution is 7.99. The van der Waals surface area contributed by atoms with Crippen LogP contribution in [0.5, 0.6) is 0 Å². The summed E-state index contributed by atoms with van der Waals surface area (Å²) in [5, 5.41) is 23.7. The molecular formula is C30H41ClN6O6S. The molecule has 0 unspecified atom stereocenters. The molecule has 5 rings (SSSR count). The van der Waals surface area contributed by atoms with E-state index in [0.29, 0.717) is 73.0 Å². The maximum atomic E-state index is 12.6. The van der Waals surface area contributed by atoms with Gasteiger partial charge in [0.1, 0.15) is 22.1 Å². The Labute approximate surface area is 266 Å². The van der Waals surface area contributed by atoms with Crippen molar-refractivity contribution in [2.75, 3.05) is 42.6 Å². The Bertz CT molecular complexity index is 1360. The van der Waals surface area contributed by atoms with Gasteiger partial charge < -0.3 is 34.8 Å². The average molecular weight is 649 g/mol. The summed E-state index contributed by atoms with van der Waals surface area (Å²) in [5.41, 5.74) is -0.320. The van der Waals surface area contributed by atoms with Gasteiger partial charge in [-0.2, -0.15) is 0 Å². The molecule has 2 aromatic rings. The molecule has 2 atom stereocenters. The number of anilines is 2. The van der Waals surface area contributed by atoms with E-state index >= 15 is 0 Å². The fourth-order valence-corrected chi connectivity index (χ4v) is 7.44. The smallest absolute Gasteiger partial charge is 0.407 e. The van der Waals surface area contributed by atoms with Gasteiger partial charge in [-0.15, -0.1) is 0 Å². The van der Waals surface area contributed by atoms with Crippen molar-refractivity contribution in [1.82, 2.24) is 20.3 Å². The fourth-order valence-electron chi connectivity index (χ4n) is 6.29. The Kier molecular flexibility index (Phi) is 9.78. The molecule has 0 aromatic carbocycles. The first-order chi connectivity index (χ1) is 20.9. The molecule has 3 N–H and O–H groups in total. The molecule has 0 bridgehead atoms. The molecule has 1 spiro atoms. The van der Waals surface area contributed by atoms with Crippen molar-refractivity contribution < 1.29 is 29.3 Å². The number of rotatable bonds is 7. The zero-order valence-corrected chi connectivity index (χ0v) is 27.2. The van der Waals surface area contributed by atoms with Crippen LogP contribution in [0.4, 0.5) is 16.4 Å². The summed E-state index contributed by atoms with van der Waals surface area (Å²) >= 11 is 8.11. The minimum Gasteiger partial charge on any atom is -0.481 e. The van der Waals surface area contributed by atoms with Gasteiger partial charge in [0.25, 0.3) is 0 Å². The van der Waals surface area contributed by atoms with Crippen LogP contribution >= 0.6 is 23.4 Å². The van der Waals surface area contributed by atoms with Crippen LogP contribution in [-0.4, -0.2) is 87.8 Å². The van der Waals surface area contributed by atoms with E-state index in [1.807, 2.05) is 38.7 Å². The molecule has 14 heteroatoms. The molecule has 44 heavy (non-hydrogen) atoms. The topological polar surface area (TPSA) is 150 Å². The third kappa shape index (κ3) is 7.16. The SMILES string of the molecule is C[C@@H]1OCC2(CCN(c3ncc(Sc4ccnc(N5CCC(C(=O)O)CC5)c4Cl)nc3CO)CC2)[C@@H]1NC(=O)OC(C)(C)C. The lowest BCUT2D eigenvalue weighted by Gasteiger charge is -2.43. The molecular weight excluding hydrogens is 608 g/mol. The van der Waals surface area contributed by atoms with E-state index in [2.05, 4.69) is 15.2 Å². The number of aliphatic carboxylic acids is 1. The maximum absolute atomic E-state index is 12.6. The van der Waals surface area contributed by atoms with Gasteiger partial charge in [-0.25, -0.2) is 19.7 Å². The van der Waals surface area contributed by atoms with E-state index in [0.717, 1.165) is 17.7 Å². The van der Waals surface area contributed by atoms with Crippen LogP contribution in [0.1, 0.15) is 59.1 Å². The van der Waals surface area contributed by atoms with Crippen molar-refractivity contribution in [1.29, 1.82) is 0 Å². The monoisotopic (exact) mass is 648 g/mol. The number of aromatic nitrogens is 3. The number of nitrogens with zero attached hydrogens (tertiary/aromatic N) is 5. The van der Waals surface area contributed by atoms with Crippen molar-refractivity contribution in [2.24, 2.45) is 11.3 Å². The Balaban J connectivity index is 1.25. The Morgan fingerprint density at radius 1 is 1.16 bits per heavy atom. The number of carboxylic acid groups (broad SMARTS) is 1. The summed E-state index contributed by atoms with van der Waals surface area (Å²) in [6.07, 6.45) is 5.45. The first-order valence-electron chi connectivity index (χ1n) is 15.0. The number of ether oxygens (including phenoxy) is 2. The van der Waals surface area contributed by atoms with E-state index in [1.165, 1.54) is 11.8 Å². The number of hydrogen-bond acceptors (Lipinski definition) is 11. The van der Waals surface area contributed by atoms with Crippen molar-refractivity contribution >= 4 is 47.1 Å². The molecule has 3 fully saturated rings. The Hall–Kier alpha value is -2.87. The number of alkyl carbamates (subject to hydrolysis) is 1. The van der Waals surface area contributed by atoms with E-state index < -0.39 is 17.7 Å². The van der Waals surface area contributed by atoms with Gasteiger partial charge in [-0.3, -0.25) is 4.79 Å². The van der Waals surface area contributed by atoms with Crippen LogP contribution in [0.3, 0.4) is 0 Å². The second kappa shape index (κ2) is 13.2. The number of aliphatic hydroxyl groups excluding tert-OH is 1. The van der Waals surface area contributed by atoms with Crippen LogP contribution in [-0.2, 0) is 20.9 Å². The zero-order valence-electron chi connectivity index (χ0n) is 25.6. The molecule has 3 saturated heterocycles. The molecule has 2 aromatic heterocycles. The summed E-state index contributed by atoms with van der Waals surface area (Å²) in [4.78, 5) is 42.7. The van der Waals surface area contributed by atoms with Gasteiger partial charge in [0, 0.05) is 42.7 Å². The summed E-state index contributed by atoms with van der Waals surface area (Å²) in [6.45, 7) is 10.3. The van der Waals surface area contributed by atoms with Crippen molar-refractivity contribution in [2.45, 2.75) is 87.7 Å². The van der Waals surface area contributed by atoms with Crippen LogP contribution in [0.25, 0.3) is 0 Å². The first kappa shape index (κ1) is 32.5. The van der Waals surface area contributed by atoms with Crippen molar-refractivity contribution in [3.63, 3.8) is 0 Å². The lowest BCUT2D eigenvalue weighted by molar-refractivity contribution is -0.142. The molecule has 1 amide bonds. The second-order valence-corrected chi connectivity index (χ2v) is 14.2. The van der Waals surface area contributed by atoms with Crippen molar-refractivity contribution in [3.05, 3.63) is 29.2 Å². The molecule has 3 aliphatic heterocycles. The minimum atomic E-state index is -0.764. The summed E-state index contributed by atoms with van der Waals surface area (Å²) in [5.74, 6) is 0.155. The fraction of sp³-hybridized carbons (Fsp3) is 0.633. The standard InChI is InChI=1S/C30H41ClN6O6S/c1-18-24(35-28(41)43-29(2,3)4)30(17-42-18)8-13-37(14-9-30)25-20(16-38)34-22(15-33-25)44-21-5-10-32-26(23(21)31)36-11-6-19(7-12-36)27(39)40/h5,10,15,18-19,24,38H,6-9,11-14,16-17H2,1-4H3,(H,35,41)(H,39,40)/t18-,24+/m0/s1. The molecule has 0 radical (unpaired) electrons. The highest BCUT2D eigenvalue weighted by Gasteiger charge is 2.50. The zero-order chi connectivity index (χ0) is 31.6. The maximum Gasteiger partial charge on any atom is 0.407 e. The third-order valence-electron chi connectivity index (χ3n) is 8.64. The van der Waals surface area contributed by atoms with Gasteiger partial charge in [0.2, 0.25) is 0 Å². The largest absolute Gasteiger partial charge is 0.481 e. The number of carbonyl (C=O) groups is 2. The molecule has 0 saturated carbocycles. The molecule has 5 heterocycles. The number of halogens is 1. The highest BCUT2D eigenvalue weighted by Crippen LogP contribution is 2.44. The average Bonchev–Trinajstić information content (AvgIpc) is 3.27. The number of amides is 1. The second-order valence-electron chi connectivity index (χ2n) is 12.8. The van der Waals surface area contributed by atoms with E-state index in [-0.39, 0.29) is 30.1 Å². The predicted molar refractivity (Wildman–Crippen MR) is 166 cm³/mol. The lowest BCUT2D eigenvalue weighted by atomic mass is 9.73. The number of piperidine rings is 2. The number of hydrogen-bond donors (Lipinski definition) is 3. The Morgan fingerprint density at radius 2 is 1.84 bits per heavy atom. The predicted octanol–water partition coefficient (Wildman–Crippen LogP) is 4.37. The van der Waals surface area contributed by atoms with Crippen LogP contribution in [0, 0.1) is 11.3 Å². The van der Waals surface area contributed by atoms with E-state index in [9.17, 15) is 19.8 Å². The van der Waals surface area contributed by atoms with Gasteiger partial charge in [-0.05, 0) is 59.4 Å². The molecule has 240 valence electrons. The molecule has 0 aliphatic carbocycles. The quantitative estimate of drug-likeness (QED) is 0.391. The summed E-state index contributed by atoms with van der Waals surface area (Å²) in [7, 11) is 0. The number of pyridine rings is 1. The first-order valence-corrected chi connectivity index (χ1v) is 16.2. The normalized spacial score (nSPS) is 22.3. The van der Waals surface area contributed by atoms with E-state index in [4.69, 9.17) is 31.0 Å². The Morgan fingerprint density at radius 3 is 2.48 bits per heavy atom. The third-order valence-corrected chi connectivity index (χ3v) is 10.1. The van der Waals surface area contributed by atoms with Gasteiger partial charge in [0.05, 0.1) is 42.5 Å². The lowest BCUT2D eigenvalue weighted by Crippen LogP contribution is -2.55. The van der Waals surface area contributed by atoms with Crippen LogP contribution < -0.4 is 15.1 Å². The number of carbonyl (C=O) groups excluding carboxylic acids is 1. The van der Waals surface area contributed by atoms with Gasteiger partial charge >= 0.3 is 12.1 Å². The molecule has 3 aliphatic rings. The summed E-state index contributed by atoms with van der Waals surface area (Å²) < 4.78 is 11.5.